The molecule has 1 unspecified atom stereocenters. The van der Waals surface area contributed by atoms with Gasteiger partial charge in [0.25, 0.3) is 5.91 Å². The summed E-state index contributed by atoms with van der Waals surface area (Å²) in [6.07, 6.45) is 1.18. The fourth-order valence-electron chi connectivity index (χ4n) is 2.14. The van der Waals surface area contributed by atoms with Crippen LogP contribution in [0.4, 0.5) is 11.4 Å². The van der Waals surface area contributed by atoms with Crippen molar-refractivity contribution in [1.82, 2.24) is 0 Å². The molecule has 0 saturated carbocycles. The number of ether oxygens (including phenoxy) is 2. The van der Waals surface area contributed by atoms with Crippen LogP contribution in [-0.4, -0.2) is 31.6 Å². The number of methoxy groups -OCH3 is 1. The summed E-state index contributed by atoms with van der Waals surface area (Å²) in [5.74, 6) is 0.130. The van der Waals surface area contributed by atoms with Gasteiger partial charge in [0.1, 0.15) is 11.9 Å². The molecule has 1 aliphatic heterocycles. The lowest BCUT2D eigenvalue weighted by atomic mass is 10.1. The molecule has 0 aromatic heterocycles. The summed E-state index contributed by atoms with van der Waals surface area (Å²) >= 11 is 0. The smallest absolute Gasteiger partial charge is 0.253 e. The molecule has 120 valence electrons. The van der Waals surface area contributed by atoms with Crippen LogP contribution in [0.1, 0.15) is 26.7 Å². The SMILES string of the molecule is COc1ccc(NC(=O)C2CCCO2)c(NC(=O)C(C)C)c1. The van der Waals surface area contributed by atoms with Crippen LogP contribution >= 0.6 is 0 Å². The Balaban J connectivity index is 2.17. The quantitative estimate of drug-likeness (QED) is 0.876. The average Bonchev–Trinajstić information content (AvgIpc) is 3.03. The maximum absolute atomic E-state index is 12.2. The highest BCUT2D eigenvalue weighted by Gasteiger charge is 2.24. The third-order valence-corrected chi connectivity index (χ3v) is 3.49. The van der Waals surface area contributed by atoms with Crippen molar-refractivity contribution in [3.63, 3.8) is 0 Å². The third-order valence-electron chi connectivity index (χ3n) is 3.49. The van der Waals surface area contributed by atoms with E-state index in [1.807, 2.05) is 0 Å². The molecule has 6 nitrogen and oxygen atoms in total. The number of rotatable bonds is 5. The van der Waals surface area contributed by atoms with Gasteiger partial charge >= 0.3 is 0 Å². The zero-order chi connectivity index (χ0) is 16.1. The highest BCUT2D eigenvalue weighted by molar-refractivity contribution is 6.01. The molecule has 1 atom stereocenters. The van der Waals surface area contributed by atoms with Crippen LogP contribution in [-0.2, 0) is 14.3 Å². The molecule has 6 heteroatoms. The van der Waals surface area contributed by atoms with Gasteiger partial charge < -0.3 is 20.1 Å². The van der Waals surface area contributed by atoms with Crippen LogP contribution in [0.5, 0.6) is 5.75 Å². The first-order valence-electron chi connectivity index (χ1n) is 7.42. The van der Waals surface area contributed by atoms with Crippen molar-refractivity contribution in [3.8, 4) is 5.75 Å². The molecule has 0 bridgehead atoms. The van der Waals surface area contributed by atoms with E-state index in [-0.39, 0.29) is 17.7 Å². The second kappa shape index (κ2) is 7.26. The summed E-state index contributed by atoms with van der Waals surface area (Å²) in [7, 11) is 1.55. The second-order valence-electron chi connectivity index (χ2n) is 5.55. The Kier molecular flexibility index (Phi) is 5.38. The van der Waals surface area contributed by atoms with E-state index in [1.54, 1.807) is 39.2 Å². The zero-order valence-corrected chi connectivity index (χ0v) is 13.1. The standard InChI is InChI=1S/C16H22N2O4/c1-10(2)15(19)18-13-9-11(21-3)6-7-12(13)17-16(20)14-5-4-8-22-14/h6-7,9-10,14H,4-5,8H2,1-3H3,(H,17,20)(H,18,19). The van der Waals surface area contributed by atoms with Gasteiger partial charge in [0.15, 0.2) is 0 Å². The molecule has 2 rings (SSSR count). The lowest BCUT2D eigenvalue weighted by Gasteiger charge is -2.16. The number of carbonyl (C=O) groups is 2. The molecule has 0 radical (unpaired) electrons. The van der Waals surface area contributed by atoms with Crippen LogP contribution < -0.4 is 15.4 Å². The van der Waals surface area contributed by atoms with Crippen molar-refractivity contribution in [1.29, 1.82) is 0 Å². The average molecular weight is 306 g/mol. The lowest BCUT2D eigenvalue weighted by Crippen LogP contribution is -2.27. The van der Waals surface area contributed by atoms with Crippen molar-refractivity contribution in [3.05, 3.63) is 18.2 Å². The number of benzene rings is 1. The molecule has 2 N–H and O–H groups in total. The van der Waals surface area contributed by atoms with Crippen molar-refractivity contribution in [2.75, 3.05) is 24.4 Å². The third kappa shape index (κ3) is 3.98. The summed E-state index contributed by atoms with van der Waals surface area (Å²) in [6, 6.07) is 5.13. The Hall–Kier alpha value is -2.08. The Morgan fingerprint density at radius 3 is 2.64 bits per heavy atom. The van der Waals surface area contributed by atoms with Gasteiger partial charge in [-0.15, -0.1) is 0 Å². The van der Waals surface area contributed by atoms with Crippen molar-refractivity contribution in [2.24, 2.45) is 5.92 Å². The molecule has 1 aromatic carbocycles. The molecule has 0 spiro atoms. The van der Waals surface area contributed by atoms with Crippen molar-refractivity contribution < 1.29 is 19.1 Å². The van der Waals surface area contributed by atoms with E-state index in [4.69, 9.17) is 9.47 Å². The fourth-order valence-corrected chi connectivity index (χ4v) is 2.14. The molecule has 1 aromatic rings. The van der Waals surface area contributed by atoms with E-state index in [0.29, 0.717) is 23.7 Å². The molecule has 1 heterocycles. The van der Waals surface area contributed by atoms with Crippen LogP contribution in [0.15, 0.2) is 18.2 Å². The summed E-state index contributed by atoms with van der Waals surface area (Å²) in [6.45, 7) is 4.22. The Labute approximate surface area is 130 Å². The van der Waals surface area contributed by atoms with E-state index < -0.39 is 6.10 Å². The van der Waals surface area contributed by atoms with Gasteiger partial charge in [0, 0.05) is 18.6 Å². The Morgan fingerprint density at radius 1 is 1.27 bits per heavy atom. The first-order valence-corrected chi connectivity index (χ1v) is 7.42. The topological polar surface area (TPSA) is 76.7 Å². The number of anilines is 2. The van der Waals surface area contributed by atoms with E-state index in [1.165, 1.54) is 0 Å². The lowest BCUT2D eigenvalue weighted by molar-refractivity contribution is -0.124. The number of amides is 2. The maximum atomic E-state index is 12.2. The second-order valence-corrected chi connectivity index (χ2v) is 5.55. The predicted molar refractivity (Wildman–Crippen MR) is 84.1 cm³/mol. The molecular formula is C16H22N2O4. The minimum absolute atomic E-state index is 0.124. The molecule has 0 aliphatic carbocycles. The van der Waals surface area contributed by atoms with Crippen molar-refractivity contribution >= 4 is 23.2 Å². The van der Waals surface area contributed by atoms with Crippen LogP contribution in [0, 0.1) is 5.92 Å². The van der Waals surface area contributed by atoms with Gasteiger partial charge in [-0.2, -0.15) is 0 Å². The minimum atomic E-state index is -0.421. The summed E-state index contributed by atoms with van der Waals surface area (Å²) in [5.41, 5.74) is 1.06. The van der Waals surface area contributed by atoms with E-state index >= 15 is 0 Å². The summed E-state index contributed by atoms with van der Waals surface area (Å²) in [4.78, 5) is 24.1. The fraction of sp³-hybridized carbons (Fsp3) is 0.500. The predicted octanol–water partition coefficient (Wildman–Crippen LogP) is 2.41. The first kappa shape index (κ1) is 16.3. The van der Waals surface area contributed by atoms with Crippen LogP contribution in [0.25, 0.3) is 0 Å². The van der Waals surface area contributed by atoms with Gasteiger partial charge in [0.2, 0.25) is 5.91 Å². The minimum Gasteiger partial charge on any atom is -0.497 e. The van der Waals surface area contributed by atoms with E-state index in [9.17, 15) is 9.59 Å². The van der Waals surface area contributed by atoms with Gasteiger partial charge in [-0.3, -0.25) is 9.59 Å². The summed E-state index contributed by atoms with van der Waals surface area (Å²) < 4.78 is 10.5. The number of nitrogens with one attached hydrogen (secondary N) is 2. The number of hydrogen-bond acceptors (Lipinski definition) is 4. The molecule has 22 heavy (non-hydrogen) atoms. The molecule has 2 amide bonds. The number of carbonyl (C=O) groups excluding carboxylic acids is 2. The van der Waals surface area contributed by atoms with Gasteiger partial charge in [0.05, 0.1) is 18.5 Å². The maximum Gasteiger partial charge on any atom is 0.253 e. The largest absolute Gasteiger partial charge is 0.497 e. The van der Waals surface area contributed by atoms with Crippen LogP contribution in [0.2, 0.25) is 0 Å². The van der Waals surface area contributed by atoms with E-state index in [2.05, 4.69) is 10.6 Å². The molecule has 1 fully saturated rings. The van der Waals surface area contributed by atoms with Gasteiger partial charge in [-0.25, -0.2) is 0 Å². The Morgan fingerprint density at radius 2 is 2.05 bits per heavy atom. The van der Waals surface area contributed by atoms with E-state index in [0.717, 1.165) is 12.8 Å². The summed E-state index contributed by atoms with van der Waals surface area (Å²) in [5, 5.41) is 5.62. The number of hydrogen-bond donors (Lipinski definition) is 2. The first-order chi connectivity index (χ1) is 10.5. The highest BCUT2D eigenvalue weighted by Crippen LogP contribution is 2.28. The molecule has 1 aliphatic rings. The van der Waals surface area contributed by atoms with Crippen LogP contribution in [0.3, 0.4) is 0 Å². The molecular weight excluding hydrogens is 284 g/mol. The monoisotopic (exact) mass is 306 g/mol. The highest BCUT2D eigenvalue weighted by atomic mass is 16.5. The molecule has 1 saturated heterocycles. The zero-order valence-electron chi connectivity index (χ0n) is 13.1. The van der Waals surface area contributed by atoms with Crippen molar-refractivity contribution in [2.45, 2.75) is 32.8 Å². The normalized spacial score (nSPS) is 17.4. The Bertz CT molecular complexity index is 551. The van der Waals surface area contributed by atoms with Gasteiger partial charge in [-0.05, 0) is 25.0 Å². The van der Waals surface area contributed by atoms with Gasteiger partial charge in [-0.1, -0.05) is 13.8 Å².